The molecule has 4 nitrogen and oxygen atoms in total. The fourth-order valence-electron chi connectivity index (χ4n) is 4.66. The van der Waals surface area contributed by atoms with Crippen molar-refractivity contribution in [1.82, 2.24) is 4.90 Å². The number of phenols is 1. The summed E-state index contributed by atoms with van der Waals surface area (Å²) in [6.07, 6.45) is -0.314. The largest absolute Gasteiger partial charge is 0.508 e. The maximum absolute atomic E-state index is 12.6. The molecule has 0 aliphatic carbocycles. The molecule has 6 heteroatoms. The third kappa shape index (κ3) is 4.63. The van der Waals surface area contributed by atoms with Gasteiger partial charge in [0.05, 0.1) is 6.67 Å². The van der Waals surface area contributed by atoms with Crippen LogP contribution in [0.3, 0.4) is 0 Å². The van der Waals surface area contributed by atoms with Gasteiger partial charge in [-0.25, -0.2) is 0 Å². The maximum Gasteiger partial charge on any atom is 0.150 e. The molecule has 1 saturated heterocycles. The Morgan fingerprint density at radius 2 is 1.79 bits per heavy atom. The quantitative estimate of drug-likeness (QED) is 0.426. The summed E-state index contributed by atoms with van der Waals surface area (Å²) >= 11 is 6.13. The van der Waals surface area contributed by atoms with Crippen LogP contribution in [0.2, 0.25) is 5.02 Å². The topological polar surface area (TPSA) is 41.9 Å². The number of fused-ring (bicyclic) bond motifs is 1. The SMILES string of the molecule is CC1=C(c2ccc(Cl)cc2)[C@@H](c2ccc(OCCN3CC(CF)C3)cc2)Oc2ccc(O)cc21. The highest BCUT2D eigenvalue weighted by atomic mass is 35.5. The number of alkyl halides is 1. The molecule has 1 N–H and O–H groups in total. The molecule has 0 unspecified atom stereocenters. The number of rotatable bonds is 7. The molecule has 0 saturated carbocycles. The zero-order valence-electron chi connectivity index (χ0n) is 19.0. The second kappa shape index (κ2) is 9.69. The van der Waals surface area contributed by atoms with Gasteiger partial charge in [0.25, 0.3) is 0 Å². The Morgan fingerprint density at radius 1 is 1.06 bits per heavy atom. The van der Waals surface area contributed by atoms with Crippen molar-refractivity contribution in [1.29, 1.82) is 0 Å². The number of halogens is 2. The van der Waals surface area contributed by atoms with Crippen LogP contribution in [0.5, 0.6) is 17.2 Å². The molecule has 2 aliphatic rings. The van der Waals surface area contributed by atoms with Gasteiger partial charge < -0.3 is 14.6 Å². The molecule has 0 bridgehead atoms. The van der Waals surface area contributed by atoms with Crippen LogP contribution in [0.4, 0.5) is 4.39 Å². The van der Waals surface area contributed by atoms with Crippen LogP contribution in [-0.4, -0.2) is 42.9 Å². The van der Waals surface area contributed by atoms with E-state index in [1.807, 2.05) is 48.5 Å². The van der Waals surface area contributed by atoms with E-state index in [1.54, 1.807) is 18.2 Å². The van der Waals surface area contributed by atoms with Gasteiger partial charge >= 0.3 is 0 Å². The fraction of sp³-hybridized carbons (Fsp3) is 0.286. The van der Waals surface area contributed by atoms with Crippen LogP contribution in [0.15, 0.2) is 66.7 Å². The number of allylic oxidation sites excluding steroid dienone is 1. The van der Waals surface area contributed by atoms with Gasteiger partial charge in [-0.15, -0.1) is 0 Å². The van der Waals surface area contributed by atoms with E-state index in [0.717, 1.165) is 59.0 Å². The minimum absolute atomic E-state index is 0.190. The van der Waals surface area contributed by atoms with Crippen molar-refractivity contribution in [3.63, 3.8) is 0 Å². The molecule has 3 aromatic rings. The number of likely N-dealkylation sites (tertiary alicyclic amines) is 1. The monoisotopic (exact) mass is 479 g/mol. The number of benzene rings is 3. The summed E-state index contributed by atoms with van der Waals surface area (Å²) in [6.45, 7) is 4.82. The highest BCUT2D eigenvalue weighted by molar-refractivity contribution is 6.30. The van der Waals surface area contributed by atoms with Gasteiger partial charge in [-0.1, -0.05) is 35.9 Å². The third-order valence-electron chi connectivity index (χ3n) is 6.54. The van der Waals surface area contributed by atoms with Crippen molar-refractivity contribution in [3.05, 3.63) is 88.4 Å². The van der Waals surface area contributed by atoms with E-state index in [-0.39, 0.29) is 24.4 Å². The highest BCUT2D eigenvalue weighted by Gasteiger charge is 2.30. The molecule has 5 rings (SSSR count). The van der Waals surface area contributed by atoms with Crippen LogP contribution in [-0.2, 0) is 0 Å². The van der Waals surface area contributed by atoms with Gasteiger partial charge in [0.15, 0.2) is 0 Å². The number of ether oxygens (including phenoxy) is 2. The van der Waals surface area contributed by atoms with Crippen molar-refractivity contribution in [2.75, 3.05) is 32.9 Å². The fourth-order valence-corrected chi connectivity index (χ4v) is 4.79. The first kappa shape index (κ1) is 22.8. The Kier molecular flexibility index (Phi) is 6.48. The molecule has 2 heterocycles. The lowest BCUT2D eigenvalue weighted by atomic mass is 9.86. The average molecular weight is 480 g/mol. The molecule has 0 spiro atoms. The summed E-state index contributed by atoms with van der Waals surface area (Å²) in [5.41, 5.74) is 4.97. The van der Waals surface area contributed by atoms with Crippen molar-refractivity contribution >= 4 is 22.7 Å². The summed E-state index contributed by atoms with van der Waals surface area (Å²) < 4.78 is 24.9. The number of hydrogen-bond donors (Lipinski definition) is 1. The standard InChI is InChI=1S/C28H27ClFNO3/c1-18-25-14-23(32)8-11-26(25)34-28(27(18)20-2-6-22(29)7-3-20)21-4-9-24(10-5-21)33-13-12-31-16-19(15-30)17-31/h2-11,14,19,28,32H,12-13,15-17H2,1H3/t28-/m1/s1. The lowest BCUT2D eigenvalue weighted by Crippen LogP contribution is -2.49. The molecule has 3 aromatic carbocycles. The summed E-state index contributed by atoms with van der Waals surface area (Å²) in [7, 11) is 0. The molecule has 1 atom stereocenters. The van der Waals surface area contributed by atoms with Crippen LogP contribution in [0.25, 0.3) is 11.1 Å². The number of nitrogens with zero attached hydrogens (tertiary/aromatic N) is 1. The van der Waals surface area contributed by atoms with E-state index in [1.165, 1.54) is 0 Å². The molecule has 176 valence electrons. The van der Waals surface area contributed by atoms with Crippen LogP contribution < -0.4 is 9.47 Å². The Morgan fingerprint density at radius 3 is 2.50 bits per heavy atom. The lowest BCUT2D eigenvalue weighted by Gasteiger charge is -2.37. The van der Waals surface area contributed by atoms with Gasteiger partial charge in [-0.2, -0.15) is 0 Å². The van der Waals surface area contributed by atoms with E-state index < -0.39 is 0 Å². The van der Waals surface area contributed by atoms with Gasteiger partial charge in [-0.3, -0.25) is 9.29 Å². The second-order valence-corrected chi connectivity index (χ2v) is 9.36. The molecule has 1 fully saturated rings. The molecular formula is C28H27ClFNO3. The summed E-state index contributed by atoms with van der Waals surface area (Å²) in [5.74, 6) is 1.92. The minimum Gasteiger partial charge on any atom is -0.508 e. The first-order chi connectivity index (χ1) is 16.5. The van der Waals surface area contributed by atoms with Crippen molar-refractivity contribution < 1.29 is 19.0 Å². The zero-order valence-corrected chi connectivity index (χ0v) is 19.8. The summed E-state index contributed by atoms with van der Waals surface area (Å²) in [5, 5.41) is 10.7. The molecular weight excluding hydrogens is 453 g/mol. The predicted octanol–water partition coefficient (Wildman–Crippen LogP) is 6.39. The number of phenolic OH excluding ortho intramolecular Hbond substituents is 1. The zero-order chi connectivity index (χ0) is 23.7. The molecule has 0 radical (unpaired) electrons. The van der Waals surface area contributed by atoms with Crippen LogP contribution in [0, 0.1) is 5.92 Å². The van der Waals surface area contributed by atoms with E-state index in [0.29, 0.717) is 11.6 Å². The smallest absolute Gasteiger partial charge is 0.150 e. The highest BCUT2D eigenvalue weighted by Crippen LogP contribution is 2.47. The maximum atomic E-state index is 12.6. The minimum atomic E-state index is -0.314. The van der Waals surface area contributed by atoms with Gasteiger partial charge in [0, 0.05) is 41.7 Å². The van der Waals surface area contributed by atoms with Crippen molar-refractivity contribution in [2.45, 2.75) is 13.0 Å². The second-order valence-electron chi connectivity index (χ2n) is 8.92. The Labute approximate surface area is 204 Å². The van der Waals surface area contributed by atoms with Crippen LogP contribution in [0.1, 0.15) is 29.7 Å². The van der Waals surface area contributed by atoms with Crippen LogP contribution >= 0.6 is 11.6 Å². The molecule has 0 amide bonds. The van der Waals surface area contributed by atoms with E-state index in [4.69, 9.17) is 21.1 Å². The third-order valence-corrected chi connectivity index (χ3v) is 6.80. The van der Waals surface area contributed by atoms with E-state index in [2.05, 4.69) is 11.8 Å². The first-order valence-electron chi connectivity index (χ1n) is 11.5. The normalized spacial score (nSPS) is 18.3. The molecule has 0 aromatic heterocycles. The van der Waals surface area contributed by atoms with Crippen molar-refractivity contribution in [2.24, 2.45) is 5.92 Å². The average Bonchev–Trinajstić information content (AvgIpc) is 2.82. The van der Waals surface area contributed by atoms with Gasteiger partial charge in [-0.05, 0) is 66.1 Å². The lowest BCUT2D eigenvalue weighted by molar-refractivity contribution is 0.0668. The Bertz CT molecular complexity index is 1190. The first-order valence-corrected chi connectivity index (χ1v) is 11.9. The Balaban J connectivity index is 1.37. The summed E-state index contributed by atoms with van der Waals surface area (Å²) in [4.78, 5) is 2.20. The van der Waals surface area contributed by atoms with Gasteiger partial charge in [0.1, 0.15) is 30.0 Å². The molecule has 2 aliphatic heterocycles. The predicted molar refractivity (Wildman–Crippen MR) is 133 cm³/mol. The number of hydrogen-bond acceptors (Lipinski definition) is 4. The summed E-state index contributed by atoms with van der Waals surface area (Å²) in [6, 6.07) is 20.9. The van der Waals surface area contributed by atoms with E-state index in [9.17, 15) is 9.50 Å². The number of aromatic hydroxyl groups is 1. The molecule has 34 heavy (non-hydrogen) atoms. The Hall–Kier alpha value is -3.02. The van der Waals surface area contributed by atoms with Crippen molar-refractivity contribution in [3.8, 4) is 17.2 Å². The van der Waals surface area contributed by atoms with E-state index >= 15 is 0 Å². The van der Waals surface area contributed by atoms with Gasteiger partial charge in [0.2, 0.25) is 0 Å².